The van der Waals surface area contributed by atoms with Gasteiger partial charge in [-0.1, -0.05) is 0 Å². The van der Waals surface area contributed by atoms with Crippen LogP contribution in [-0.4, -0.2) is 35.7 Å². The Labute approximate surface area is 95.6 Å². The van der Waals surface area contributed by atoms with E-state index in [9.17, 15) is 9.59 Å². The topological polar surface area (TPSA) is 104 Å². The SMILES string of the molecule is CC(C)(CCC(=O)O)NC(=O)NCCCN. The molecule has 0 aliphatic heterocycles. The lowest BCUT2D eigenvalue weighted by molar-refractivity contribution is -0.137. The number of nitrogens with two attached hydrogens (primary N) is 1. The van der Waals surface area contributed by atoms with Gasteiger partial charge in [-0.2, -0.15) is 0 Å². The molecule has 5 N–H and O–H groups in total. The van der Waals surface area contributed by atoms with Gasteiger partial charge in [0.1, 0.15) is 0 Å². The number of carboxylic acids is 1. The predicted octanol–water partition coefficient (Wildman–Crippen LogP) is 0.278. The monoisotopic (exact) mass is 231 g/mol. The molecule has 94 valence electrons. The van der Waals surface area contributed by atoms with Crippen molar-refractivity contribution in [2.45, 2.75) is 38.6 Å². The van der Waals surface area contributed by atoms with Crippen LogP contribution in [0.3, 0.4) is 0 Å². The van der Waals surface area contributed by atoms with Crippen molar-refractivity contribution in [3.8, 4) is 0 Å². The summed E-state index contributed by atoms with van der Waals surface area (Å²) in [5, 5.41) is 13.9. The van der Waals surface area contributed by atoms with Crippen LogP contribution in [0.4, 0.5) is 4.79 Å². The van der Waals surface area contributed by atoms with Crippen LogP contribution >= 0.6 is 0 Å². The number of nitrogens with one attached hydrogen (secondary N) is 2. The van der Waals surface area contributed by atoms with E-state index in [4.69, 9.17) is 10.8 Å². The summed E-state index contributed by atoms with van der Waals surface area (Å²) in [4.78, 5) is 21.8. The third-order valence-electron chi connectivity index (χ3n) is 2.08. The largest absolute Gasteiger partial charge is 0.481 e. The lowest BCUT2D eigenvalue weighted by Crippen LogP contribution is -2.48. The molecule has 0 aromatic rings. The number of carboxylic acid groups (broad SMARTS) is 1. The van der Waals surface area contributed by atoms with Gasteiger partial charge < -0.3 is 21.5 Å². The Balaban J connectivity index is 3.85. The highest BCUT2D eigenvalue weighted by Gasteiger charge is 2.20. The molecule has 0 rings (SSSR count). The maximum Gasteiger partial charge on any atom is 0.315 e. The van der Waals surface area contributed by atoms with Crippen LogP contribution in [-0.2, 0) is 4.79 Å². The van der Waals surface area contributed by atoms with Crippen LogP contribution in [0.1, 0.15) is 33.1 Å². The molecule has 0 spiro atoms. The molecule has 0 aliphatic carbocycles. The highest BCUT2D eigenvalue weighted by atomic mass is 16.4. The highest BCUT2D eigenvalue weighted by Crippen LogP contribution is 2.10. The van der Waals surface area contributed by atoms with E-state index in [1.807, 2.05) is 0 Å². The molecule has 0 saturated carbocycles. The van der Waals surface area contributed by atoms with Crippen molar-refractivity contribution in [2.24, 2.45) is 5.73 Å². The summed E-state index contributed by atoms with van der Waals surface area (Å²) in [6, 6.07) is -0.288. The third-order valence-corrected chi connectivity index (χ3v) is 2.08. The molecule has 0 atom stereocenters. The van der Waals surface area contributed by atoms with E-state index in [0.717, 1.165) is 6.42 Å². The summed E-state index contributed by atoms with van der Waals surface area (Å²) in [6.45, 7) is 4.64. The fourth-order valence-corrected chi connectivity index (χ4v) is 1.14. The van der Waals surface area contributed by atoms with E-state index < -0.39 is 11.5 Å². The summed E-state index contributed by atoms with van der Waals surface area (Å²) in [6.07, 6.45) is 1.16. The van der Waals surface area contributed by atoms with Gasteiger partial charge in [0.15, 0.2) is 0 Å². The standard InChI is InChI=1S/C10H21N3O3/c1-10(2,5-4-8(14)15)13-9(16)12-7-3-6-11/h3-7,11H2,1-2H3,(H,14,15)(H2,12,13,16). The van der Waals surface area contributed by atoms with E-state index in [0.29, 0.717) is 19.5 Å². The number of rotatable bonds is 7. The molecule has 0 unspecified atom stereocenters. The van der Waals surface area contributed by atoms with Gasteiger partial charge in [-0.15, -0.1) is 0 Å². The molecule has 2 amide bonds. The molecule has 6 heteroatoms. The average molecular weight is 231 g/mol. The molecule has 0 aromatic carbocycles. The van der Waals surface area contributed by atoms with Gasteiger partial charge in [-0.25, -0.2) is 4.79 Å². The van der Waals surface area contributed by atoms with Gasteiger partial charge >= 0.3 is 12.0 Å². The first kappa shape index (κ1) is 14.7. The Bertz CT molecular complexity index is 241. The van der Waals surface area contributed by atoms with Crippen molar-refractivity contribution in [1.82, 2.24) is 10.6 Å². The summed E-state index contributed by atoms with van der Waals surface area (Å²) in [5.74, 6) is -0.863. The summed E-state index contributed by atoms with van der Waals surface area (Å²) in [5.41, 5.74) is 4.76. The van der Waals surface area contributed by atoms with Crippen molar-refractivity contribution in [1.29, 1.82) is 0 Å². The molecule has 0 saturated heterocycles. The molecular weight excluding hydrogens is 210 g/mol. The maximum atomic E-state index is 11.4. The zero-order chi connectivity index (χ0) is 12.6. The van der Waals surface area contributed by atoms with Gasteiger partial charge in [0.05, 0.1) is 0 Å². The molecule has 0 radical (unpaired) electrons. The summed E-state index contributed by atoms with van der Waals surface area (Å²) < 4.78 is 0. The second kappa shape index (κ2) is 7.05. The number of carbonyl (C=O) groups excluding carboxylic acids is 1. The first-order valence-corrected chi connectivity index (χ1v) is 5.35. The van der Waals surface area contributed by atoms with Gasteiger partial charge in [0.25, 0.3) is 0 Å². The lowest BCUT2D eigenvalue weighted by Gasteiger charge is -2.25. The Morgan fingerprint density at radius 3 is 2.50 bits per heavy atom. The smallest absolute Gasteiger partial charge is 0.315 e. The second-order valence-corrected chi connectivity index (χ2v) is 4.30. The van der Waals surface area contributed by atoms with Gasteiger partial charge in [0.2, 0.25) is 0 Å². The molecule has 0 aromatic heterocycles. The fourth-order valence-electron chi connectivity index (χ4n) is 1.14. The number of hydrogen-bond acceptors (Lipinski definition) is 3. The van der Waals surface area contributed by atoms with Crippen LogP contribution in [0.5, 0.6) is 0 Å². The normalized spacial score (nSPS) is 10.9. The lowest BCUT2D eigenvalue weighted by atomic mass is 9.99. The van der Waals surface area contributed by atoms with E-state index in [2.05, 4.69) is 10.6 Å². The number of amides is 2. The van der Waals surface area contributed by atoms with Crippen LogP contribution in [0.15, 0.2) is 0 Å². The first-order chi connectivity index (χ1) is 7.37. The Morgan fingerprint density at radius 2 is 2.00 bits per heavy atom. The van der Waals surface area contributed by atoms with Crippen LogP contribution in [0.25, 0.3) is 0 Å². The fraction of sp³-hybridized carbons (Fsp3) is 0.800. The van der Waals surface area contributed by atoms with E-state index in [-0.39, 0.29) is 12.5 Å². The molecule has 0 bridgehead atoms. The molecule has 0 aliphatic rings. The molecule has 0 heterocycles. The van der Waals surface area contributed by atoms with Crippen molar-refractivity contribution in [3.05, 3.63) is 0 Å². The number of urea groups is 1. The van der Waals surface area contributed by atoms with Crippen molar-refractivity contribution in [2.75, 3.05) is 13.1 Å². The molecule has 6 nitrogen and oxygen atoms in total. The van der Waals surface area contributed by atoms with E-state index in [1.54, 1.807) is 13.8 Å². The number of aliphatic carboxylic acids is 1. The summed E-state index contributed by atoms with van der Waals surface area (Å²) >= 11 is 0. The van der Waals surface area contributed by atoms with E-state index in [1.165, 1.54) is 0 Å². The van der Waals surface area contributed by atoms with E-state index >= 15 is 0 Å². The number of carbonyl (C=O) groups is 2. The molecule has 16 heavy (non-hydrogen) atoms. The van der Waals surface area contributed by atoms with Crippen LogP contribution < -0.4 is 16.4 Å². The third kappa shape index (κ3) is 8.05. The first-order valence-electron chi connectivity index (χ1n) is 5.35. The van der Waals surface area contributed by atoms with Crippen molar-refractivity contribution in [3.63, 3.8) is 0 Å². The Morgan fingerprint density at radius 1 is 1.38 bits per heavy atom. The molecular formula is C10H21N3O3. The minimum Gasteiger partial charge on any atom is -0.481 e. The van der Waals surface area contributed by atoms with Crippen LogP contribution in [0, 0.1) is 0 Å². The second-order valence-electron chi connectivity index (χ2n) is 4.30. The Hall–Kier alpha value is -1.30. The van der Waals surface area contributed by atoms with Crippen LogP contribution in [0.2, 0.25) is 0 Å². The summed E-state index contributed by atoms with van der Waals surface area (Å²) in [7, 11) is 0. The van der Waals surface area contributed by atoms with Crippen molar-refractivity contribution < 1.29 is 14.7 Å². The highest BCUT2D eigenvalue weighted by molar-refractivity contribution is 5.74. The minimum absolute atomic E-state index is 0.0378. The van der Waals surface area contributed by atoms with Crippen molar-refractivity contribution >= 4 is 12.0 Å². The zero-order valence-corrected chi connectivity index (χ0v) is 9.88. The number of hydrogen-bond donors (Lipinski definition) is 4. The Kier molecular flexibility index (Phi) is 6.48. The zero-order valence-electron chi connectivity index (χ0n) is 9.88. The van der Waals surface area contributed by atoms with Gasteiger partial charge in [-0.05, 0) is 33.2 Å². The quantitative estimate of drug-likeness (QED) is 0.472. The van der Waals surface area contributed by atoms with Gasteiger partial charge in [0, 0.05) is 18.5 Å². The van der Waals surface area contributed by atoms with Gasteiger partial charge in [-0.3, -0.25) is 4.79 Å². The maximum absolute atomic E-state index is 11.4. The predicted molar refractivity (Wildman–Crippen MR) is 61.2 cm³/mol. The average Bonchev–Trinajstić information content (AvgIpc) is 2.15. The molecule has 0 fully saturated rings. The minimum atomic E-state index is -0.863.